The van der Waals surface area contributed by atoms with Crippen LogP contribution in [0.15, 0.2) is 48.5 Å². The molecule has 0 aliphatic heterocycles. The Balaban J connectivity index is 2.13. The van der Waals surface area contributed by atoms with Gasteiger partial charge in [0.25, 0.3) is 0 Å². The van der Waals surface area contributed by atoms with Gasteiger partial charge in [0, 0.05) is 0 Å². The third-order valence-corrected chi connectivity index (χ3v) is 4.10. The molecule has 0 spiro atoms. The monoisotopic (exact) mass is 326 g/mol. The number of halogens is 4. The van der Waals surface area contributed by atoms with Crippen molar-refractivity contribution in [1.82, 2.24) is 0 Å². The summed E-state index contributed by atoms with van der Waals surface area (Å²) in [6.45, 7) is 2.12. The zero-order valence-electron chi connectivity index (χ0n) is 12.3. The molecular weight excluding hydrogens is 309 g/mol. The summed E-state index contributed by atoms with van der Waals surface area (Å²) in [7, 11) is 0. The van der Waals surface area contributed by atoms with E-state index in [0.717, 1.165) is 48.1 Å². The third kappa shape index (κ3) is 4.26. The molecule has 1 atom stereocenters. The van der Waals surface area contributed by atoms with Crippen LogP contribution in [0, 0.1) is 0 Å². The molecule has 0 fully saturated rings. The first-order chi connectivity index (χ1) is 10.4. The van der Waals surface area contributed by atoms with E-state index in [9.17, 15) is 13.2 Å². The Morgan fingerprint density at radius 3 is 1.86 bits per heavy atom. The zero-order chi connectivity index (χ0) is 16.2. The van der Waals surface area contributed by atoms with Gasteiger partial charge in [0.2, 0.25) is 0 Å². The van der Waals surface area contributed by atoms with Gasteiger partial charge in [-0.25, -0.2) is 0 Å². The van der Waals surface area contributed by atoms with Crippen LogP contribution in [0.25, 0.3) is 11.1 Å². The van der Waals surface area contributed by atoms with Crippen molar-refractivity contribution in [2.45, 2.75) is 37.7 Å². The predicted molar refractivity (Wildman–Crippen MR) is 85.0 cm³/mol. The molecule has 0 saturated heterocycles. The SMILES string of the molecule is CCCCC(Cl)c1ccc(-c2ccc(C(F)(F)F)cc2)cc1. The number of benzene rings is 2. The van der Waals surface area contributed by atoms with Crippen LogP contribution in [0.5, 0.6) is 0 Å². The van der Waals surface area contributed by atoms with Crippen molar-refractivity contribution in [3.63, 3.8) is 0 Å². The van der Waals surface area contributed by atoms with Crippen molar-refractivity contribution in [1.29, 1.82) is 0 Å². The average molecular weight is 327 g/mol. The minimum absolute atomic E-state index is 0.0124. The summed E-state index contributed by atoms with van der Waals surface area (Å²) < 4.78 is 37.7. The molecule has 4 heteroatoms. The van der Waals surface area contributed by atoms with Crippen LogP contribution in [0.1, 0.15) is 42.7 Å². The van der Waals surface area contributed by atoms with Gasteiger partial charge in [-0.3, -0.25) is 0 Å². The molecule has 0 nitrogen and oxygen atoms in total. The van der Waals surface area contributed by atoms with Crippen molar-refractivity contribution in [2.24, 2.45) is 0 Å². The highest BCUT2D eigenvalue weighted by Crippen LogP contribution is 2.32. The standard InChI is InChI=1S/C18H18ClF3/c1-2-3-4-17(19)15-7-5-13(6-8-15)14-9-11-16(12-10-14)18(20,21)22/h5-12,17H,2-4H2,1H3. The highest BCUT2D eigenvalue weighted by Gasteiger charge is 2.29. The van der Waals surface area contributed by atoms with Crippen LogP contribution in [-0.2, 0) is 6.18 Å². The first-order valence-electron chi connectivity index (χ1n) is 7.33. The lowest BCUT2D eigenvalue weighted by molar-refractivity contribution is -0.137. The third-order valence-electron chi connectivity index (χ3n) is 3.63. The summed E-state index contributed by atoms with van der Waals surface area (Å²) in [5.41, 5.74) is 2.06. The van der Waals surface area contributed by atoms with E-state index in [2.05, 4.69) is 6.92 Å². The molecule has 0 aliphatic carbocycles. The molecule has 0 aliphatic rings. The van der Waals surface area contributed by atoms with E-state index in [1.165, 1.54) is 12.1 Å². The summed E-state index contributed by atoms with van der Waals surface area (Å²) in [6, 6.07) is 12.9. The van der Waals surface area contributed by atoms with Crippen molar-refractivity contribution < 1.29 is 13.2 Å². The second kappa shape index (κ2) is 7.19. The maximum Gasteiger partial charge on any atom is 0.416 e. The number of rotatable bonds is 5. The fraction of sp³-hybridized carbons (Fsp3) is 0.333. The van der Waals surface area contributed by atoms with Gasteiger partial charge in [0.15, 0.2) is 0 Å². The van der Waals surface area contributed by atoms with Crippen LogP contribution < -0.4 is 0 Å². The van der Waals surface area contributed by atoms with Crippen LogP contribution in [-0.4, -0.2) is 0 Å². The Kier molecular flexibility index (Phi) is 5.52. The molecule has 2 aromatic rings. The Morgan fingerprint density at radius 2 is 1.41 bits per heavy atom. The highest BCUT2D eigenvalue weighted by atomic mass is 35.5. The number of unbranched alkanes of at least 4 members (excludes halogenated alkanes) is 1. The maximum absolute atomic E-state index is 12.6. The molecule has 2 rings (SSSR count). The zero-order valence-corrected chi connectivity index (χ0v) is 13.1. The minimum atomic E-state index is -4.30. The van der Waals surface area contributed by atoms with E-state index < -0.39 is 11.7 Å². The van der Waals surface area contributed by atoms with Crippen molar-refractivity contribution in [3.8, 4) is 11.1 Å². The summed E-state index contributed by atoms with van der Waals surface area (Å²) in [5, 5.41) is -0.0124. The smallest absolute Gasteiger partial charge is 0.166 e. The van der Waals surface area contributed by atoms with Gasteiger partial charge in [-0.05, 0) is 35.2 Å². The highest BCUT2D eigenvalue weighted by molar-refractivity contribution is 6.20. The summed E-state index contributed by atoms with van der Waals surface area (Å²) in [4.78, 5) is 0. The Morgan fingerprint density at radius 1 is 0.909 bits per heavy atom. The number of alkyl halides is 4. The molecule has 0 radical (unpaired) electrons. The topological polar surface area (TPSA) is 0 Å². The van der Waals surface area contributed by atoms with E-state index >= 15 is 0 Å². The van der Waals surface area contributed by atoms with E-state index in [1.807, 2.05) is 24.3 Å². The summed E-state index contributed by atoms with van der Waals surface area (Å²) in [5.74, 6) is 0. The van der Waals surface area contributed by atoms with E-state index in [1.54, 1.807) is 0 Å². The molecule has 0 aromatic heterocycles. The van der Waals surface area contributed by atoms with Gasteiger partial charge in [-0.15, -0.1) is 11.6 Å². The quantitative estimate of drug-likeness (QED) is 0.527. The van der Waals surface area contributed by atoms with Gasteiger partial charge in [0.1, 0.15) is 0 Å². The van der Waals surface area contributed by atoms with Crippen LogP contribution in [0.3, 0.4) is 0 Å². The van der Waals surface area contributed by atoms with Gasteiger partial charge in [-0.1, -0.05) is 56.2 Å². The molecule has 0 heterocycles. The lowest BCUT2D eigenvalue weighted by atomic mass is 10.00. The molecular formula is C18H18ClF3. The second-order valence-corrected chi connectivity index (χ2v) is 5.83. The molecule has 118 valence electrons. The largest absolute Gasteiger partial charge is 0.416 e. The summed E-state index contributed by atoms with van der Waals surface area (Å²) >= 11 is 6.33. The first kappa shape index (κ1) is 16.9. The Bertz CT molecular complexity index is 585. The van der Waals surface area contributed by atoms with Gasteiger partial charge in [0.05, 0.1) is 10.9 Å². The number of hydrogen-bond acceptors (Lipinski definition) is 0. The van der Waals surface area contributed by atoms with Gasteiger partial charge in [-0.2, -0.15) is 13.2 Å². The molecule has 22 heavy (non-hydrogen) atoms. The fourth-order valence-corrected chi connectivity index (χ4v) is 2.59. The predicted octanol–water partition coefficient (Wildman–Crippen LogP) is 6.84. The molecule has 0 bridgehead atoms. The molecule has 1 unspecified atom stereocenters. The minimum Gasteiger partial charge on any atom is -0.166 e. The van der Waals surface area contributed by atoms with Gasteiger partial charge < -0.3 is 0 Å². The van der Waals surface area contributed by atoms with Crippen LogP contribution in [0.2, 0.25) is 0 Å². The molecule has 0 N–H and O–H groups in total. The molecule has 0 saturated carbocycles. The normalized spacial score (nSPS) is 13.1. The molecule has 0 amide bonds. The van der Waals surface area contributed by atoms with Crippen LogP contribution in [0.4, 0.5) is 13.2 Å². The summed E-state index contributed by atoms with van der Waals surface area (Å²) in [6.07, 6.45) is -1.19. The fourth-order valence-electron chi connectivity index (χ4n) is 2.29. The van der Waals surface area contributed by atoms with E-state index in [4.69, 9.17) is 11.6 Å². The van der Waals surface area contributed by atoms with E-state index in [-0.39, 0.29) is 5.38 Å². The van der Waals surface area contributed by atoms with Crippen molar-refractivity contribution >= 4 is 11.6 Å². The van der Waals surface area contributed by atoms with Gasteiger partial charge >= 0.3 is 6.18 Å². The Hall–Kier alpha value is -1.48. The number of hydrogen-bond donors (Lipinski definition) is 0. The van der Waals surface area contributed by atoms with Crippen molar-refractivity contribution in [2.75, 3.05) is 0 Å². The lowest BCUT2D eigenvalue weighted by Gasteiger charge is -2.11. The Labute approximate surface area is 133 Å². The molecule has 2 aromatic carbocycles. The first-order valence-corrected chi connectivity index (χ1v) is 7.77. The maximum atomic E-state index is 12.6. The second-order valence-electron chi connectivity index (χ2n) is 5.31. The van der Waals surface area contributed by atoms with Crippen molar-refractivity contribution in [3.05, 3.63) is 59.7 Å². The average Bonchev–Trinajstić information content (AvgIpc) is 2.52. The van der Waals surface area contributed by atoms with E-state index in [0.29, 0.717) is 0 Å². The van der Waals surface area contributed by atoms with Crippen LogP contribution >= 0.6 is 11.6 Å². The lowest BCUT2D eigenvalue weighted by Crippen LogP contribution is -2.03.